The summed E-state index contributed by atoms with van der Waals surface area (Å²) in [6.07, 6.45) is 3.14. The molecule has 0 bridgehead atoms. The second-order valence-corrected chi connectivity index (χ2v) is 10.3. The number of aliphatic hydroxyl groups is 1. The number of halogens is 2. The Morgan fingerprint density at radius 1 is 1.11 bits per heavy atom. The molecule has 3 aromatic rings. The van der Waals surface area contributed by atoms with Gasteiger partial charge in [-0.15, -0.1) is 0 Å². The molecule has 0 spiro atoms. The van der Waals surface area contributed by atoms with E-state index in [1.807, 2.05) is 30.0 Å². The Bertz CT molecular complexity index is 1140. The van der Waals surface area contributed by atoms with Gasteiger partial charge >= 0.3 is 0 Å². The van der Waals surface area contributed by atoms with E-state index in [4.69, 9.17) is 0 Å². The number of aromatic nitrogens is 1. The summed E-state index contributed by atoms with van der Waals surface area (Å²) < 4.78 is 28.9. The molecule has 0 saturated carbocycles. The Kier molecular flexibility index (Phi) is 6.84. The minimum absolute atomic E-state index is 0.0917. The van der Waals surface area contributed by atoms with Crippen molar-refractivity contribution in [2.24, 2.45) is 0 Å². The van der Waals surface area contributed by atoms with Crippen LogP contribution in [0.4, 0.5) is 14.5 Å². The summed E-state index contributed by atoms with van der Waals surface area (Å²) in [6, 6.07) is 16.4. The number of hydrogen-bond donors (Lipinski definition) is 3. The summed E-state index contributed by atoms with van der Waals surface area (Å²) in [6.45, 7) is 5.86. The van der Waals surface area contributed by atoms with Crippen molar-refractivity contribution in [2.75, 3.05) is 38.1 Å². The lowest BCUT2D eigenvalue weighted by molar-refractivity contribution is -0.0864. The van der Waals surface area contributed by atoms with E-state index in [9.17, 15) is 13.9 Å². The molecular formula is C28H36F2N4O. The Hall–Kier alpha value is -2.48. The SMILES string of the molecule is CCCCN1CC(Nc2ccc(C3c4[nH]c5ccccc5c4CC(C)N3CC(F)(F)CO)cc2)C1. The molecule has 1 fully saturated rings. The Morgan fingerprint density at radius 2 is 1.86 bits per heavy atom. The topological polar surface area (TPSA) is 54.5 Å². The zero-order valence-corrected chi connectivity index (χ0v) is 20.6. The molecule has 1 aromatic heterocycles. The van der Waals surface area contributed by atoms with Gasteiger partial charge < -0.3 is 15.4 Å². The smallest absolute Gasteiger partial charge is 0.283 e. The average Bonchev–Trinajstić information content (AvgIpc) is 3.19. The maximum Gasteiger partial charge on any atom is 0.283 e. The monoisotopic (exact) mass is 482 g/mol. The van der Waals surface area contributed by atoms with Crippen LogP contribution >= 0.6 is 0 Å². The molecule has 2 aliphatic heterocycles. The van der Waals surface area contributed by atoms with E-state index in [1.165, 1.54) is 18.4 Å². The van der Waals surface area contributed by atoms with Crippen molar-refractivity contribution >= 4 is 16.6 Å². The lowest BCUT2D eigenvalue weighted by atomic mass is 9.88. The van der Waals surface area contributed by atoms with Crippen LogP contribution < -0.4 is 5.32 Å². The number of nitrogens with zero attached hydrogens (tertiary/aromatic N) is 2. The third-order valence-electron chi connectivity index (χ3n) is 7.54. The molecule has 1 saturated heterocycles. The fraction of sp³-hybridized carbons (Fsp3) is 0.500. The second kappa shape index (κ2) is 9.88. The molecule has 188 valence electrons. The third kappa shape index (κ3) is 4.95. The molecule has 0 aliphatic carbocycles. The van der Waals surface area contributed by atoms with Gasteiger partial charge in [0.05, 0.1) is 18.6 Å². The van der Waals surface area contributed by atoms with Gasteiger partial charge in [-0.1, -0.05) is 43.7 Å². The number of aromatic amines is 1. The predicted octanol–water partition coefficient (Wildman–Crippen LogP) is 5.03. The van der Waals surface area contributed by atoms with Crippen LogP contribution in [-0.4, -0.2) is 70.7 Å². The van der Waals surface area contributed by atoms with Gasteiger partial charge in [0, 0.05) is 41.4 Å². The first kappa shape index (κ1) is 24.2. The van der Waals surface area contributed by atoms with E-state index < -0.39 is 19.1 Å². The molecule has 2 atom stereocenters. The maximum absolute atomic E-state index is 14.4. The number of H-pyrrole nitrogens is 1. The van der Waals surface area contributed by atoms with Crippen molar-refractivity contribution in [3.05, 3.63) is 65.4 Å². The molecule has 2 aromatic carbocycles. The highest BCUT2D eigenvalue weighted by Gasteiger charge is 2.41. The average molecular weight is 483 g/mol. The van der Waals surface area contributed by atoms with Gasteiger partial charge in [-0.25, -0.2) is 8.78 Å². The summed E-state index contributed by atoms with van der Waals surface area (Å²) in [7, 11) is 0. The summed E-state index contributed by atoms with van der Waals surface area (Å²) in [5.74, 6) is -3.16. The first-order valence-electron chi connectivity index (χ1n) is 12.8. The van der Waals surface area contributed by atoms with Crippen LogP contribution in [0.3, 0.4) is 0 Å². The van der Waals surface area contributed by atoms with Gasteiger partial charge in [0.25, 0.3) is 5.92 Å². The van der Waals surface area contributed by atoms with Crippen LogP contribution in [0.25, 0.3) is 10.9 Å². The maximum atomic E-state index is 14.4. The van der Waals surface area contributed by atoms with E-state index in [0.29, 0.717) is 12.5 Å². The normalized spacial score (nSPS) is 21.7. The molecule has 0 amide bonds. The fourth-order valence-corrected chi connectivity index (χ4v) is 5.65. The first-order chi connectivity index (χ1) is 16.9. The number of rotatable bonds is 9. The Morgan fingerprint density at radius 3 is 2.57 bits per heavy atom. The number of anilines is 1. The molecule has 5 rings (SSSR count). The number of para-hydroxylation sites is 1. The Labute approximate surface area is 206 Å². The van der Waals surface area contributed by atoms with E-state index >= 15 is 0 Å². The van der Waals surface area contributed by atoms with Gasteiger partial charge in [-0.2, -0.15) is 0 Å². The summed E-state index contributed by atoms with van der Waals surface area (Å²) in [4.78, 5) is 7.84. The highest BCUT2D eigenvalue weighted by molar-refractivity contribution is 5.85. The summed E-state index contributed by atoms with van der Waals surface area (Å²) in [5, 5.41) is 14.1. The zero-order valence-electron chi connectivity index (χ0n) is 20.6. The van der Waals surface area contributed by atoms with Crippen molar-refractivity contribution in [1.82, 2.24) is 14.8 Å². The van der Waals surface area contributed by atoms with Crippen LogP contribution in [0.1, 0.15) is 49.6 Å². The van der Waals surface area contributed by atoms with Crippen molar-refractivity contribution < 1.29 is 13.9 Å². The van der Waals surface area contributed by atoms with Crippen molar-refractivity contribution in [2.45, 2.75) is 57.2 Å². The minimum atomic E-state index is -3.16. The first-order valence-corrected chi connectivity index (χ1v) is 12.8. The quantitative estimate of drug-likeness (QED) is 0.401. The van der Waals surface area contributed by atoms with E-state index in [0.717, 1.165) is 47.5 Å². The number of likely N-dealkylation sites (tertiary alicyclic amines) is 1. The number of alkyl halides is 2. The lowest BCUT2D eigenvalue weighted by Gasteiger charge is -2.42. The van der Waals surface area contributed by atoms with Gasteiger partial charge in [-0.3, -0.25) is 9.80 Å². The number of benzene rings is 2. The number of nitrogens with one attached hydrogen (secondary N) is 2. The minimum Gasteiger partial charge on any atom is -0.390 e. The van der Waals surface area contributed by atoms with Crippen LogP contribution in [0.5, 0.6) is 0 Å². The van der Waals surface area contributed by atoms with Crippen molar-refractivity contribution in [3.8, 4) is 0 Å². The summed E-state index contributed by atoms with van der Waals surface area (Å²) >= 11 is 0. The van der Waals surface area contributed by atoms with Gasteiger partial charge in [0.1, 0.15) is 6.61 Å². The van der Waals surface area contributed by atoms with Crippen molar-refractivity contribution in [3.63, 3.8) is 0 Å². The molecule has 35 heavy (non-hydrogen) atoms. The van der Waals surface area contributed by atoms with E-state index in [-0.39, 0.29) is 12.1 Å². The zero-order chi connectivity index (χ0) is 24.6. The summed E-state index contributed by atoms with van der Waals surface area (Å²) in [5.41, 5.74) is 5.24. The lowest BCUT2D eigenvalue weighted by Crippen LogP contribution is -2.54. The molecule has 2 unspecified atom stereocenters. The van der Waals surface area contributed by atoms with Crippen molar-refractivity contribution in [1.29, 1.82) is 0 Å². The number of fused-ring (bicyclic) bond motifs is 3. The standard InChI is InChI=1S/C28H36F2N4O/c1-3-4-13-33-15-22(16-33)31-21-11-9-20(10-12-21)27-26-24(23-7-5-6-8-25(23)32-26)14-19(2)34(27)17-28(29,30)18-35/h5-12,19,22,27,31-32,35H,3-4,13-18H2,1-2H3. The molecule has 3 heterocycles. The molecule has 5 nitrogen and oxygen atoms in total. The number of aliphatic hydroxyl groups excluding tert-OH is 1. The highest BCUT2D eigenvalue weighted by atomic mass is 19.3. The van der Waals surface area contributed by atoms with Crippen LogP contribution in [0.15, 0.2) is 48.5 Å². The Balaban J connectivity index is 1.41. The number of unbranched alkanes of at least 4 members (excludes halogenated alkanes) is 1. The second-order valence-electron chi connectivity index (χ2n) is 10.3. The van der Waals surface area contributed by atoms with Crippen LogP contribution in [0.2, 0.25) is 0 Å². The van der Waals surface area contributed by atoms with Crippen LogP contribution in [-0.2, 0) is 6.42 Å². The third-order valence-corrected chi connectivity index (χ3v) is 7.54. The van der Waals surface area contributed by atoms with Gasteiger partial charge in [0.15, 0.2) is 0 Å². The van der Waals surface area contributed by atoms with Gasteiger partial charge in [0.2, 0.25) is 0 Å². The van der Waals surface area contributed by atoms with E-state index in [1.54, 1.807) is 0 Å². The molecule has 3 N–H and O–H groups in total. The van der Waals surface area contributed by atoms with E-state index in [2.05, 4.69) is 52.5 Å². The highest BCUT2D eigenvalue weighted by Crippen LogP contribution is 2.42. The molecule has 0 radical (unpaired) electrons. The molecule has 2 aliphatic rings. The largest absolute Gasteiger partial charge is 0.390 e. The fourth-order valence-electron chi connectivity index (χ4n) is 5.65. The van der Waals surface area contributed by atoms with Crippen LogP contribution in [0, 0.1) is 0 Å². The predicted molar refractivity (Wildman–Crippen MR) is 137 cm³/mol. The number of hydrogen-bond acceptors (Lipinski definition) is 4. The molecule has 7 heteroatoms. The van der Waals surface area contributed by atoms with Gasteiger partial charge in [-0.05, 0) is 55.6 Å². The molecular weight excluding hydrogens is 446 g/mol.